The Morgan fingerprint density at radius 2 is 1.24 bits per heavy atom. The van der Waals surface area contributed by atoms with Crippen molar-refractivity contribution >= 4 is 10.1 Å². The molecule has 5 heteroatoms. The van der Waals surface area contributed by atoms with Crippen LogP contribution in [0.2, 0.25) is 0 Å². The summed E-state index contributed by atoms with van der Waals surface area (Å²) in [6.07, 6.45) is 0.547. The van der Waals surface area contributed by atoms with Gasteiger partial charge in [0.1, 0.15) is 0 Å². The molecule has 3 aromatic rings. The van der Waals surface area contributed by atoms with E-state index in [1.807, 2.05) is 72.8 Å². The minimum absolute atomic E-state index is 0. The second kappa shape index (κ2) is 9.32. The topological polar surface area (TPSA) is 43.4 Å². The summed E-state index contributed by atoms with van der Waals surface area (Å²) in [6.45, 7) is 0.0306. The maximum atomic E-state index is 12.6. The summed E-state index contributed by atoms with van der Waals surface area (Å²) in [6, 6.07) is 26.0. The fourth-order valence-electron chi connectivity index (χ4n) is 2.49. The molecule has 0 spiro atoms. The average Bonchev–Trinajstić information content (AvgIpc) is 2.62. The quantitative estimate of drug-likeness (QED) is 0.490. The Balaban J connectivity index is 0.00000169. The van der Waals surface area contributed by atoms with E-state index < -0.39 is 10.1 Å². The van der Waals surface area contributed by atoms with Gasteiger partial charge in [0.15, 0.2) is 0 Å². The Hall–Kier alpha value is -1.43. The fraction of sp³-hybridized carbons (Fsp3) is 0.100. The molecule has 0 aromatic heterocycles. The molecule has 0 atom stereocenters. The van der Waals surface area contributed by atoms with E-state index in [1.165, 1.54) is 0 Å². The van der Waals surface area contributed by atoms with Crippen LogP contribution in [0.15, 0.2) is 89.8 Å². The molecule has 0 unspecified atom stereocenters. The van der Waals surface area contributed by atoms with Crippen LogP contribution in [-0.2, 0) is 27.3 Å². The maximum absolute atomic E-state index is 12.6. The van der Waals surface area contributed by atoms with E-state index in [0.717, 1.165) is 16.7 Å². The fourth-order valence-corrected chi connectivity index (χ4v) is 3.62. The number of hydrogen-bond acceptors (Lipinski definition) is 3. The monoisotopic (exact) mass is 362 g/mol. The van der Waals surface area contributed by atoms with E-state index >= 15 is 0 Å². The molecule has 0 N–H and O–H groups in total. The van der Waals surface area contributed by atoms with Crippen LogP contribution in [0.5, 0.6) is 0 Å². The largest absolute Gasteiger partial charge is 1.00 e. The molecule has 0 aliphatic heterocycles. The van der Waals surface area contributed by atoms with E-state index in [0.29, 0.717) is 6.42 Å². The summed E-state index contributed by atoms with van der Waals surface area (Å²) < 4.78 is 30.4. The number of rotatable bonds is 6. The third kappa shape index (κ3) is 5.53. The molecule has 3 nitrogen and oxygen atoms in total. The molecular weight excluding hydrogens is 343 g/mol. The van der Waals surface area contributed by atoms with Crippen LogP contribution in [0, 0.1) is 0 Å². The van der Waals surface area contributed by atoms with Crippen LogP contribution >= 0.6 is 0 Å². The Kier molecular flexibility index (Phi) is 7.41. The van der Waals surface area contributed by atoms with Crippen LogP contribution in [0.3, 0.4) is 0 Å². The molecule has 0 radical (unpaired) electrons. The molecule has 25 heavy (non-hydrogen) atoms. The normalized spacial score (nSPS) is 10.9. The second-order valence-electron chi connectivity index (χ2n) is 5.47. The van der Waals surface area contributed by atoms with Crippen molar-refractivity contribution in [2.75, 3.05) is 0 Å². The van der Waals surface area contributed by atoms with Gasteiger partial charge in [-0.2, -0.15) is 8.42 Å². The number of hydrogen-bond donors (Lipinski definition) is 0. The molecule has 0 bridgehead atoms. The SMILES string of the molecule is O=S(=O)(OCc1ccccc1)c1ccccc1Cc1ccccc1.[H-].[Na+]. The first-order valence-electron chi connectivity index (χ1n) is 7.70. The Bertz CT molecular complexity index is 901. The molecule has 0 heterocycles. The van der Waals surface area contributed by atoms with Gasteiger partial charge in [0.05, 0.1) is 11.5 Å². The van der Waals surface area contributed by atoms with Crippen molar-refractivity contribution in [1.29, 1.82) is 0 Å². The summed E-state index contributed by atoms with van der Waals surface area (Å²) >= 11 is 0. The first kappa shape index (κ1) is 19.9. The van der Waals surface area contributed by atoms with Crippen molar-refractivity contribution in [2.24, 2.45) is 0 Å². The zero-order valence-electron chi connectivity index (χ0n) is 15.1. The minimum atomic E-state index is -3.81. The standard InChI is InChI=1S/C20H18O3S.Na.H/c21-24(22,23-16-18-11-5-2-6-12-18)20-14-8-7-13-19(20)15-17-9-3-1-4-10-17;;/h1-14H,15-16H2;;/q;+1;-1. The van der Waals surface area contributed by atoms with Crippen LogP contribution in [0.4, 0.5) is 0 Å². The summed E-state index contributed by atoms with van der Waals surface area (Å²) in [7, 11) is -3.81. The smallest absolute Gasteiger partial charge is 1.00 e. The molecule has 124 valence electrons. The molecule has 0 fully saturated rings. The van der Waals surface area contributed by atoms with Crippen molar-refractivity contribution in [3.05, 3.63) is 102 Å². The van der Waals surface area contributed by atoms with Gasteiger partial charge >= 0.3 is 29.6 Å². The maximum Gasteiger partial charge on any atom is 1.00 e. The van der Waals surface area contributed by atoms with Gasteiger partial charge in [0.25, 0.3) is 10.1 Å². The summed E-state index contributed by atoms with van der Waals surface area (Å²) in [4.78, 5) is 0.227. The molecule has 3 rings (SSSR count). The van der Waals surface area contributed by atoms with Crippen LogP contribution < -0.4 is 29.6 Å². The molecular formula is C20H19NaO3S. The van der Waals surface area contributed by atoms with Gasteiger partial charge in [-0.3, -0.25) is 4.18 Å². The van der Waals surface area contributed by atoms with Crippen molar-refractivity contribution < 1.29 is 43.6 Å². The Morgan fingerprint density at radius 3 is 1.88 bits per heavy atom. The van der Waals surface area contributed by atoms with E-state index in [1.54, 1.807) is 12.1 Å². The first-order chi connectivity index (χ1) is 11.6. The van der Waals surface area contributed by atoms with Gasteiger partial charge < -0.3 is 1.43 Å². The summed E-state index contributed by atoms with van der Waals surface area (Å²) in [5.74, 6) is 0. The van der Waals surface area contributed by atoms with Gasteiger partial charge in [0.2, 0.25) is 0 Å². The third-order valence-electron chi connectivity index (χ3n) is 3.70. The van der Waals surface area contributed by atoms with Crippen molar-refractivity contribution in [1.82, 2.24) is 0 Å². The molecule has 0 aliphatic carbocycles. The molecule has 0 saturated carbocycles. The van der Waals surface area contributed by atoms with Crippen molar-refractivity contribution in [3.63, 3.8) is 0 Å². The predicted molar refractivity (Wildman–Crippen MR) is 95.2 cm³/mol. The van der Waals surface area contributed by atoms with E-state index in [4.69, 9.17) is 4.18 Å². The van der Waals surface area contributed by atoms with Crippen LogP contribution in [0.25, 0.3) is 0 Å². The van der Waals surface area contributed by atoms with Gasteiger partial charge in [-0.15, -0.1) is 0 Å². The van der Waals surface area contributed by atoms with Gasteiger partial charge in [-0.05, 0) is 29.2 Å². The number of benzene rings is 3. The predicted octanol–water partition coefficient (Wildman–Crippen LogP) is 1.30. The van der Waals surface area contributed by atoms with Gasteiger partial charge in [-0.1, -0.05) is 78.9 Å². The van der Waals surface area contributed by atoms with Gasteiger partial charge in [0, 0.05) is 0 Å². The van der Waals surface area contributed by atoms with E-state index in [-0.39, 0.29) is 42.5 Å². The minimum Gasteiger partial charge on any atom is -1.00 e. The average molecular weight is 362 g/mol. The first-order valence-corrected chi connectivity index (χ1v) is 9.11. The Labute approximate surface area is 172 Å². The van der Waals surface area contributed by atoms with E-state index in [9.17, 15) is 8.42 Å². The van der Waals surface area contributed by atoms with Crippen molar-refractivity contribution in [2.45, 2.75) is 17.9 Å². The Morgan fingerprint density at radius 1 is 0.720 bits per heavy atom. The molecule has 0 amide bonds. The molecule has 0 aliphatic rings. The van der Waals surface area contributed by atoms with E-state index in [2.05, 4.69) is 0 Å². The summed E-state index contributed by atoms with van der Waals surface area (Å²) in [5, 5.41) is 0. The van der Waals surface area contributed by atoms with Crippen LogP contribution in [-0.4, -0.2) is 8.42 Å². The molecule has 0 saturated heterocycles. The van der Waals surface area contributed by atoms with Crippen LogP contribution in [0.1, 0.15) is 18.1 Å². The third-order valence-corrected chi connectivity index (χ3v) is 5.07. The van der Waals surface area contributed by atoms with Gasteiger partial charge in [-0.25, -0.2) is 0 Å². The second-order valence-corrected chi connectivity index (χ2v) is 7.06. The summed E-state index contributed by atoms with van der Waals surface area (Å²) in [5.41, 5.74) is 2.61. The van der Waals surface area contributed by atoms with Crippen molar-refractivity contribution in [3.8, 4) is 0 Å². The zero-order chi connectivity index (χ0) is 16.8. The zero-order valence-corrected chi connectivity index (χ0v) is 16.9. The molecule has 3 aromatic carbocycles.